The summed E-state index contributed by atoms with van der Waals surface area (Å²) in [5, 5.41) is 0. The fraction of sp³-hybridized carbons (Fsp3) is 0.333. The zero-order valence-electron chi connectivity index (χ0n) is 15.5. The average molecular weight is 378 g/mol. The van der Waals surface area contributed by atoms with Gasteiger partial charge in [-0.25, -0.2) is 0 Å². The Morgan fingerprint density at radius 1 is 1.14 bits per heavy atom. The minimum absolute atomic E-state index is 0.0346. The smallest absolute Gasteiger partial charge is 0.240 e. The van der Waals surface area contributed by atoms with Crippen LogP contribution in [0.5, 0.6) is 0 Å². The van der Waals surface area contributed by atoms with Crippen LogP contribution in [0.1, 0.15) is 24.0 Å². The molecule has 1 aromatic carbocycles. The van der Waals surface area contributed by atoms with Gasteiger partial charge in [-0.15, -0.1) is 0 Å². The summed E-state index contributed by atoms with van der Waals surface area (Å²) in [7, 11) is 0. The maximum atomic E-state index is 13.2. The first-order valence-corrected chi connectivity index (χ1v) is 9.38. The maximum Gasteiger partial charge on any atom is 0.240 e. The Morgan fingerprint density at radius 2 is 1.89 bits per heavy atom. The molecule has 1 atom stereocenters. The Hall–Kier alpha value is -3.22. The number of carbonyl (C=O) groups is 3. The van der Waals surface area contributed by atoms with Crippen molar-refractivity contribution in [3.63, 3.8) is 0 Å². The summed E-state index contributed by atoms with van der Waals surface area (Å²) < 4.78 is 0. The summed E-state index contributed by atoms with van der Waals surface area (Å²) >= 11 is 0. The second-order valence-electron chi connectivity index (χ2n) is 7.38. The fourth-order valence-electron chi connectivity index (χ4n) is 4.29. The van der Waals surface area contributed by atoms with Gasteiger partial charge in [0.05, 0.1) is 5.41 Å². The number of nitrogens with zero attached hydrogens (tertiary/aromatic N) is 3. The lowest BCUT2D eigenvalue weighted by Crippen LogP contribution is -2.45. The Balaban J connectivity index is 1.52. The number of nitrogens with two attached hydrogens (primary N) is 1. The molecule has 2 aliphatic heterocycles. The highest BCUT2D eigenvalue weighted by Crippen LogP contribution is 2.47. The van der Waals surface area contributed by atoms with Gasteiger partial charge in [0.25, 0.3) is 0 Å². The molecule has 0 saturated carbocycles. The average Bonchev–Trinajstić information content (AvgIpc) is 3.25. The predicted molar refractivity (Wildman–Crippen MR) is 103 cm³/mol. The van der Waals surface area contributed by atoms with Crippen molar-refractivity contribution in [1.82, 2.24) is 9.88 Å². The lowest BCUT2D eigenvalue weighted by molar-refractivity contribution is -0.131. The standard InChI is InChI=1S/C21H22N4O3/c22-18(26)13-25-17-4-2-1-3-16(17)21(20(25)28)9-12-24(14-21)19(27)6-5-15-7-10-23-11-8-15/h1-4,7-8,10-11H,5-6,9,12-14H2,(H2,22,26)/t21-/m1/s1. The largest absolute Gasteiger partial charge is 0.368 e. The summed E-state index contributed by atoms with van der Waals surface area (Å²) in [6.07, 6.45) is 5.02. The maximum absolute atomic E-state index is 13.2. The van der Waals surface area contributed by atoms with Gasteiger partial charge in [-0.1, -0.05) is 18.2 Å². The van der Waals surface area contributed by atoms with E-state index in [2.05, 4.69) is 4.98 Å². The molecule has 1 saturated heterocycles. The van der Waals surface area contributed by atoms with E-state index in [1.54, 1.807) is 17.3 Å². The van der Waals surface area contributed by atoms with Gasteiger partial charge in [0.2, 0.25) is 17.7 Å². The molecule has 4 rings (SSSR count). The third kappa shape index (κ3) is 3.02. The molecule has 7 heteroatoms. The molecule has 0 unspecified atom stereocenters. The number of pyridine rings is 1. The van der Waals surface area contributed by atoms with E-state index in [9.17, 15) is 14.4 Å². The first-order valence-electron chi connectivity index (χ1n) is 9.38. The molecule has 1 fully saturated rings. The third-order valence-corrected chi connectivity index (χ3v) is 5.68. The van der Waals surface area contributed by atoms with Crippen LogP contribution in [-0.2, 0) is 26.2 Å². The highest BCUT2D eigenvalue weighted by atomic mass is 16.2. The van der Waals surface area contributed by atoms with Gasteiger partial charge in [0.1, 0.15) is 6.54 Å². The minimum atomic E-state index is -0.779. The van der Waals surface area contributed by atoms with Crippen LogP contribution >= 0.6 is 0 Å². The van der Waals surface area contributed by atoms with Crippen molar-refractivity contribution in [3.8, 4) is 0 Å². The van der Waals surface area contributed by atoms with Crippen molar-refractivity contribution in [1.29, 1.82) is 0 Å². The number of amides is 3. The van der Waals surface area contributed by atoms with Gasteiger partial charge in [0.15, 0.2) is 0 Å². The monoisotopic (exact) mass is 378 g/mol. The van der Waals surface area contributed by atoms with E-state index < -0.39 is 11.3 Å². The van der Waals surface area contributed by atoms with E-state index in [1.807, 2.05) is 36.4 Å². The molecule has 0 radical (unpaired) electrons. The molecular formula is C21H22N4O3. The van der Waals surface area contributed by atoms with Crippen molar-refractivity contribution in [3.05, 3.63) is 59.9 Å². The van der Waals surface area contributed by atoms with Crippen molar-refractivity contribution in [2.75, 3.05) is 24.5 Å². The number of fused-ring (bicyclic) bond motifs is 2. The summed E-state index contributed by atoms with van der Waals surface area (Å²) in [5.41, 5.74) is 7.23. The molecular weight excluding hydrogens is 356 g/mol. The quantitative estimate of drug-likeness (QED) is 0.840. The molecule has 2 aromatic rings. The predicted octanol–water partition coefficient (Wildman–Crippen LogP) is 1.02. The number of hydrogen-bond donors (Lipinski definition) is 1. The zero-order chi connectivity index (χ0) is 19.7. The summed E-state index contributed by atoms with van der Waals surface area (Å²) in [6, 6.07) is 11.3. The van der Waals surface area contributed by atoms with Crippen LogP contribution in [-0.4, -0.2) is 47.2 Å². The number of rotatable bonds is 5. The van der Waals surface area contributed by atoms with Gasteiger partial charge in [-0.2, -0.15) is 0 Å². The van der Waals surface area contributed by atoms with Crippen molar-refractivity contribution < 1.29 is 14.4 Å². The summed E-state index contributed by atoms with van der Waals surface area (Å²) in [5.74, 6) is -0.660. The Labute approximate surface area is 163 Å². The SMILES string of the molecule is NC(=O)CN1C(=O)[C@@]2(CCN(C(=O)CCc3ccncc3)C2)c2ccccc21. The molecule has 2 N–H and O–H groups in total. The van der Waals surface area contributed by atoms with Gasteiger partial charge in [0, 0.05) is 37.6 Å². The van der Waals surface area contributed by atoms with Gasteiger partial charge >= 0.3 is 0 Å². The number of benzene rings is 1. The molecule has 3 amide bonds. The third-order valence-electron chi connectivity index (χ3n) is 5.68. The highest BCUT2D eigenvalue weighted by Gasteiger charge is 2.55. The topological polar surface area (TPSA) is 96.6 Å². The van der Waals surface area contributed by atoms with E-state index in [0.717, 1.165) is 16.8 Å². The van der Waals surface area contributed by atoms with Crippen LogP contribution in [0.25, 0.3) is 0 Å². The lowest BCUT2D eigenvalue weighted by Gasteiger charge is -2.24. The van der Waals surface area contributed by atoms with Crippen LogP contribution in [0.3, 0.4) is 0 Å². The van der Waals surface area contributed by atoms with E-state index in [-0.39, 0.29) is 18.4 Å². The number of anilines is 1. The number of para-hydroxylation sites is 1. The number of carbonyl (C=O) groups excluding carboxylic acids is 3. The Morgan fingerprint density at radius 3 is 2.64 bits per heavy atom. The normalized spacial score (nSPS) is 20.6. The molecule has 7 nitrogen and oxygen atoms in total. The van der Waals surface area contributed by atoms with Crippen LogP contribution in [0.4, 0.5) is 5.69 Å². The first-order chi connectivity index (χ1) is 13.5. The molecule has 144 valence electrons. The minimum Gasteiger partial charge on any atom is -0.368 e. The Bertz CT molecular complexity index is 930. The summed E-state index contributed by atoms with van der Waals surface area (Å²) in [4.78, 5) is 44.7. The molecule has 2 aliphatic rings. The number of likely N-dealkylation sites (tertiary alicyclic amines) is 1. The molecule has 0 bridgehead atoms. The van der Waals surface area contributed by atoms with Crippen molar-refractivity contribution in [2.24, 2.45) is 5.73 Å². The second-order valence-corrected chi connectivity index (χ2v) is 7.38. The zero-order valence-corrected chi connectivity index (χ0v) is 15.5. The Kier molecular flexibility index (Phi) is 4.58. The molecule has 28 heavy (non-hydrogen) atoms. The van der Waals surface area contributed by atoms with Crippen molar-refractivity contribution >= 4 is 23.4 Å². The second kappa shape index (κ2) is 7.07. The fourth-order valence-corrected chi connectivity index (χ4v) is 4.29. The number of aryl methyl sites for hydroxylation is 1. The highest BCUT2D eigenvalue weighted by molar-refractivity contribution is 6.11. The first kappa shape index (κ1) is 18.2. The molecule has 3 heterocycles. The van der Waals surface area contributed by atoms with E-state index in [4.69, 9.17) is 5.73 Å². The van der Waals surface area contributed by atoms with Crippen LogP contribution in [0.15, 0.2) is 48.8 Å². The number of primary amides is 1. The van der Waals surface area contributed by atoms with Gasteiger partial charge < -0.3 is 15.5 Å². The van der Waals surface area contributed by atoms with Crippen LogP contribution in [0.2, 0.25) is 0 Å². The van der Waals surface area contributed by atoms with Gasteiger partial charge in [-0.05, 0) is 42.2 Å². The van der Waals surface area contributed by atoms with Crippen molar-refractivity contribution in [2.45, 2.75) is 24.7 Å². The van der Waals surface area contributed by atoms with Crippen LogP contribution in [0, 0.1) is 0 Å². The molecule has 1 spiro atoms. The molecule has 0 aliphatic carbocycles. The van der Waals surface area contributed by atoms with Gasteiger partial charge in [-0.3, -0.25) is 19.4 Å². The van der Waals surface area contributed by atoms with E-state index in [1.165, 1.54) is 4.90 Å². The summed E-state index contributed by atoms with van der Waals surface area (Å²) in [6.45, 7) is 0.723. The molecule has 1 aromatic heterocycles. The number of aromatic nitrogens is 1. The lowest BCUT2D eigenvalue weighted by atomic mass is 9.81. The van der Waals surface area contributed by atoms with E-state index in [0.29, 0.717) is 32.4 Å². The van der Waals surface area contributed by atoms with E-state index >= 15 is 0 Å². The number of hydrogen-bond acceptors (Lipinski definition) is 4. The van der Waals surface area contributed by atoms with Crippen LogP contribution < -0.4 is 10.6 Å².